The Morgan fingerprint density at radius 1 is 1.33 bits per heavy atom. The van der Waals surface area contributed by atoms with Gasteiger partial charge in [0, 0.05) is 30.5 Å². The predicted octanol–water partition coefficient (Wildman–Crippen LogP) is 3.53. The Labute approximate surface area is 251 Å². The summed E-state index contributed by atoms with van der Waals surface area (Å²) in [4.78, 5) is 35.5. The number of rotatable bonds is 9. The first kappa shape index (κ1) is 30.4. The van der Waals surface area contributed by atoms with E-state index in [0.717, 1.165) is 12.8 Å². The number of hydrogen-bond acceptors (Lipinski definition) is 9. The molecule has 228 valence electrons. The van der Waals surface area contributed by atoms with Crippen LogP contribution in [0.25, 0.3) is 16.8 Å². The molecule has 0 aliphatic carbocycles. The number of nitrogens with zero attached hydrogens (tertiary/aromatic N) is 5. The van der Waals surface area contributed by atoms with E-state index in [1.165, 1.54) is 53.8 Å². The fraction of sp³-hybridized carbons (Fsp3) is 0.414. The molecule has 1 aliphatic rings. The summed E-state index contributed by atoms with van der Waals surface area (Å²) in [7, 11) is 1.39. The largest absolute Gasteiger partial charge is 0.497 e. The third kappa shape index (κ3) is 6.63. The van der Waals surface area contributed by atoms with Crippen LogP contribution in [0.4, 0.5) is 10.3 Å². The third-order valence-electron chi connectivity index (χ3n) is 7.43. The molecule has 4 aromatic rings. The molecule has 12 nitrogen and oxygen atoms in total. The lowest BCUT2D eigenvalue weighted by Crippen LogP contribution is -2.40. The first-order valence-corrected chi connectivity index (χ1v) is 14.1. The predicted molar refractivity (Wildman–Crippen MR) is 158 cm³/mol. The molecule has 1 fully saturated rings. The fourth-order valence-electron chi connectivity index (χ4n) is 5.14. The van der Waals surface area contributed by atoms with Crippen molar-refractivity contribution >= 4 is 29.0 Å². The number of carbonyl (C=O) groups is 1. The van der Waals surface area contributed by atoms with Crippen LogP contribution in [0.5, 0.6) is 5.75 Å². The van der Waals surface area contributed by atoms with Crippen LogP contribution in [0, 0.1) is 5.82 Å². The van der Waals surface area contributed by atoms with Gasteiger partial charge >= 0.3 is 0 Å². The van der Waals surface area contributed by atoms with E-state index in [2.05, 4.69) is 25.7 Å². The second-order valence-electron chi connectivity index (χ2n) is 11.1. The van der Waals surface area contributed by atoms with Crippen LogP contribution < -0.4 is 20.9 Å². The second kappa shape index (κ2) is 12.3. The average molecular weight is 614 g/mol. The van der Waals surface area contributed by atoms with E-state index in [1.807, 2.05) is 13.8 Å². The van der Waals surface area contributed by atoms with Gasteiger partial charge in [0.15, 0.2) is 0 Å². The van der Waals surface area contributed by atoms with Crippen LogP contribution >= 0.6 is 11.6 Å². The number of aromatic nitrogens is 5. The molecule has 1 saturated heterocycles. The maximum Gasteiger partial charge on any atom is 0.278 e. The number of benzene rings is 1. The van der Waals surface area contributed by atoms with Gasteiger partial charge in [-0.1, -0.05) is 11.6 Å². The van der Waals surface area contributed by atoms with Crippen molar-refractivity contribution in [2.75, 3.05) is 25.6 Å². The number of ether oxygens (including phenoxy) is 2. The summed E-state index contributed by atoms with van der Waals surface area (Å²) in [6.45, 7) is 5.74. The Morgan fingerprint density at radius 3 is 2.84 bits per heavy atom. The van der Waals surface area contributed by atoms with Gasteiger partial charge in [-0.25, -0.2) is 18.9 Å². The van der Waals surface area contributed by atoms with E-state index in [4.69, 9.17) is 21.1 Å². The van der Waals surface area contributed by atoms with Crippen molar-refractivity contribution < 1.29 is 23.8 Å². The molecule has 43 heavy (non-hydrogen) atoms. The summed E-state index contributed by atoms with van der Waals surface area (Å²) in [5.41, 5.74) is 0.738. The van der Waals surface area contributed by atoms with Crippen molar-refractivity contribution in [1.29, 1.82) is 0 Å². The van der Waals surface area contributed by atoms with Crippen molar-refractivity contribution in [3.8, 4) is 17.0 Å². The Morgan fingerprint density at radius 2 is 2.12 bits per heavy atom. The van der Waals surface area contributed by atoms with Gasteiger partial charge in [0.2, 0.25) is 11.9 Å². The third-order valence-corrected chi connectivity index (χ3v) is 7.71. The maximum atomic E-state index is 14.0. The van der Waals surface area contributed by atoms with Crippen molar-refractivity contribution in [2.24, 2.45) is 0 Å². The number of amides is 1. The Balaban J connectivity index is 1.38. The minimum atomic E-state index is -1.00. The van der Waals surface area contributed by atoms with Crippen LogP contribution in [-0.2, 0) is 9.53 Å². The molecule has 0 saturated carbocycles. The summed E-state index contributed by atoms with van der Waals surface area (Å²) in [6, 6.07) is 3.69. The second-order valence-corrected chi connectivity index (χ2v) is 11.5. The van der Waals surface area contributed by atoms with Crippen LogP contribution in [0.3, 0.4) is 0 Å². The van der Waals surface area contributed by atoms with Gasteiger partial charge in [-0.05, 0) is 57.4 Å². The van der Waals surface area contributed by atoms with Crippen LogP contribution in [0.2, 0.25) is 5.02 Å². The highest BCUT2D eigenvalue weighted by Gasteiger charge is 2.29. The van der Waals surface area contributed by atoms with Gasteiger partial charge in [0.1, 0.15) is 29.5 Å². The number of aliphatic hydroxyl groups excluding tert-OH is 1. The minimum Gasteiger partial charge on any atom is -0.497 e. The molecule has 0 bridgehead atoms. The standard InChI is InChI=1S/C29H33ClFN7O5/c1-16(26(40)35-23(14-39)17-7-19(31)10-21(8-17)42-4)37-15-33-38-13-18(9-24(38)27(37)41)25-22(30)12-32-28(36-25)34-20-5-6-43-29(2,3)11-20/h7-10,12-13,15-16,20,23,39H,5-6,11,14H2,1-4H3,(H,35,40)(H,32,34,36)/t16?,20-,23?/m1/s1. The smallest absolute Gasteiger partial charge is 0.278 e. The van der Waals surface area contributed by atoms with E-state index in [9.17, 15) is 19.1 Å². The number of anilines is 1. The lowest BCUT2D eigenvalue weighted by molar-refractivity contribution is -0.125. The van der Waals surface area contributed by atoms with E-state index in [0.29, 0.717) is 34.4 Å². The Hall–Kier alpha value is -4.07. The molecular formula is C29H33ClFN7O5. The Bertz CT molecular complexity index is 1710. The van der Waals surface area contributed by atoms with E-state index in [-0.39, 0.29) is 22.9 Å². The lowest BCUT2D eigenvalue weighted by Gasteiger charge is -2.35. The summed E-state index contributed by atoms with van der Waals surface area (Å²) < 4.78 is 27.5. The fourth-order valence-corrected chi connectivity index (χ4v) is 5.34. The summed E-state index contributed by atoms with van der Waals surface area (Å²) in [5, 5.41) is 20.5. The zero-order chi connectivity index (χ0) is 30.9. The number of methoxy groups -OCH3 is 1. The number of halogens is 2. The molecule has 3 N–H and O–H groups in total. The van der Waals surface area contributed by atoms with Gasteiger partial charge < -0.3 is 25.2 Å². The van der Waals surface area contributed by atoms with Crippen molar-refractivity contribution in [2.45, 2.75) is 57.3 Å². The summed E-state index contributed by atoms with van der Waals surface area (Å²) in [5.74, 6) is -0.510. The molecule has 1 amide bonds. The molecular weight excluding hydrogens is 581 g/mol. The highest BCUT2D eigenvalue weighted by atomic mass is 35.5. The van der Waals surface area contributed by atoms with Crippen LogP contribution in [0.1, 0.15) is 51.3 Å². The molecule has 1 aliphatic heterocycles. The molecule has 3 aromatic heterocycles. The number of carbonyl (C=O) groups excluding carboxylic acids is 1. The molecule has 0 spiro atoms. The number of hydrogen-bond donors (Lipinski definition) is 3. The number of fused-ring (bicyclic) bond motifs is 1. The normalized spacial score (nSPS) is 17.8. The SMILES string of the molecule is COc1cc(F)cc(C(CO)NC(=O)C(C)n2cnn3cc(-c4nc(N[C@@H]5CCOC(C)(C)C5)ncc4Cl)cc3c2=O)c1. The quantitative estimate of drug-likeness (QED) is 0.258. The van der Waals surface area contributed by atoms with Gasteiger partial charge in [0.25, 0.3) is 5.56 Å². The topological polar surface area (TPSA) is 145 Å². The minimum absolute atomic E-state index is 0.126. The lowest BCUT2D eigenvalue weighted by atomic mass is 9.94. The Kier molecular flexibility index (Phi) is 8.67. The van der Waals surface area contributed by atoms with E-state index >= 15 is 0 Å². The first-order valence-electron chi connectivity index (χ1n) is 13.8. The van der Waals surface area contributed by atoms with Gasteiger partial charge in [-0.3, -0.25) is 14.2 Å². The highest BCUT2D eigenvalue weighted by Crippen LogP contribution is 2.30. The molecule has 0 radical (unpaired) electrons. The van der Waals surface area contributed by atoms with Crippen LogP contribution in [-0.4, -0.2) is 67.1 Å². The molecule has 1 aromatic carbocycles. The summed E-state index contributed by atoms with van der Waals surface area (Å²) >= 11 is 6.46. The molecule has 4 heterocycles. The maximum absolute atomic E-state index is 14.0. The number of aliphatic hydroxyl groups is 1. The van der Waals surface area contributed by atoms with Crippen molar-refractivity contribution in [1.82, 2.24) is 29.5 Å². The van der Waals surface area contributed by atoms with Crippen LogP contribution in [0.15, 0.2) is 47.8 Å². The molecule has 5 rings (SSSR count). The zero-order valence-electron chi connectivity index (χ0n) is 24.2. The molecule has 3 atom stereocenters. The molecule has 2 unspecified atom stereocenters. The van der Waals surface area contributed by atoms with Gasteiger partial charge in [-0.2, -0.15) is 5.10 Å². The van der Waals surface area contributed by atoms with Crippen molar-refractivity contribution in [3.63, 3.8) is 0 Å². The monoisotopic (exact) mass is 613 g/mol. The van der Waals surface area contributed by atoms with Gasteiger partial charge in [0.05, 0.1) is 42.3 Å². The number of nitrogens with one attached hydrogen (secondary N) is 2. The highest BCUT2D eigenvalue weighted by molar-refractivity contribution is 6.32. The van der Waals surface area contributed by atoms with Crippen molar-refractivity contribution in [3.05, 3.63) is 69.7 Å². The zero-order valence-corrected chi connectivity index (χ0v) is 24.9. The van der Waals surface area contributed by atoms with E-state index in [1.54, 1.807) is 12.3 Å². The van der Waals surface area contributed by atoms with Gasteiger partial charge in [-0.15, -0.1) is 0 Å². The molecule has 14 heteroatoms. The summed E-state index contributed by atoms with van der Waals surface area (Å²) in [6.07, 6.45) is 5.98. The average Bonchev–Trinajstić information content (AvgIpc) is 3.41. The van der Waals surface area contributed by atoms with E-state index < -0.39 is 36.0 Å². The first-order chi connectivity index (χ1) is 20.5.